The fourth-order valence-electron chi connectivity index (χ4n) is 3.82. The van der Waals surface area contributed by atoms with Gasteiger partial charge in [-0.15, -0.1) is 0 Å². The molecule has 0 saturated carbocycles. The largest absolute Gasteiger partial charge is 0.354 e. The molecular weight excluding hydrogens is 462 g/mol. The first kappa shape index (κ1) is 28.4. The lowest BCUT2D eigenvalue weighted by molar-refractivity contribution is -0.140. The van der Waals surface area contributed by atoms with Crippen molar-refractivity contribution < 1.29 is 18.0 Å². The van der Waals surface area contributed by atoms with E-state index in [1.54, 1.807) is 12.1 Å². The Kier molecular flexibility index (Phi) is 10.3. The van der Waals surface area contributed by atoms with Crippen LogP contribution in [-0.2, 0) is 32.6 Å². The first-order valence-corrected chi connectivity index (χ1v) is 14.0. The summed E-state index contributed by atoms with van der Waals surface area (Å²) < 4.78 is 26.5. The van der Waals surface area contributed by atoms with Crippen LogP contribution in [0.25, 0.3) is 0 Å². The van der Waals surface area contributed by atoms with Gasteiger partial charge in [0.15, 0.2) is 0 Å². The zero-order chi connectivity index (χ0) is 26.2. The van der Waals surface area contributed by atoms with Gasteiger partial charge in [-0.2, -0.15) is 0 Å². The molecule has 1 unspecified atom stereocenters. The number of aryl methyl sites for hydroxylation is 2. The van der Waals surface area contributed by atoms with Crippen LogP contribution in [0.15, 0.2) is 48.5 Å². The van der Waals surface area contributed by atoms with Crippen molar-refractivity contribution in [3.63, 3.8) is 0 Å². The maximum Gasteiger partial charge on any atom is 0.244 e. The second-order valence-electron chi connectivity index (χ2n) is 9.30. The molecule has 0 bridgehead atoms. The number of hydrogen-bond acceptors (Lipinski definition) is 4. The van der Waals surface area contributed by atoms with Crippen molar-refractivity contribution >= 4 is 27.5 Å². The summed E-state index contributed by atoms with van der Waals surface area (Å²) in [6.45, 7) is 10.2. The average molecular weight is 502 g/mol. The number of benzene rings is 2. The molecule has 7 nitrogen and oxygen atoms in total. The van der Waals surface area contributed by atoms with Gasteiger partial charge in [0, 0.05) is 13.1 Å². The van der Waals surface area contributed by atoms with Gasteiger partial charge >= 0.3 is 0 Å². The molecule has 1 N–H and O–H groups in total. The summed E-state index contributed by atoms with van der Waals surface area (Å²) >= 11 is 0. The highest BCUT2D eigenvalue weighted by Gasteiger charge is 2.32. The van der Waals surface area contributed by atoms with Gasteiger partial charge in [-0.05, 0) is 54.5 Å². The summed E-state index contributed by atoms with van der Waals surface area (Å²) in [6.07, 6.45) is 2.32. The fraction of sp³-hybridized carbons (Fsp3) is 0.481. The van der Waals surface area contributed by atoms with Gasteiger partial charge < -0.3 is 10.2 Å². The molecular formula is C27H39N3O4S. The van der Waals surface area contributed by atoms with E-state index >= 15 is 0 Å². The third-order valence-electron chi connectivity index (χ3n) is 5.98. The lowest BCUT2D eigenvalue weighted by Gasteiger charge is -2.33. The zero-order valence-corrected chi connectivity index (χ0v) is 22.6. The normalized spacial score (nSPS) is 12.3. The number of amides is 2. The van der Waals surface area contributed by atoms with E-state index in [-0.39, 0.29) is 24.9 Å². The molecule has 1 atom stereocenters. The van der Waals surface area contributed by atoms with Crippen LogP contribution < -0.4 is 9.62 Å². The van der Waals surface area contributed by atoms with Crippen LogP contribution in [0.4, 0.5) is 5.69 Å². The Balaban J connectivity index is 2.42. The molecule has 0 aromatic heterocycles. The third kappa shape index (κ3) is 8.09. The van der Waals surface area contributed by atoms with Gasteiger partial charge in [0.1, 0.15) is 12.6 Å². The molecule has 0 fully saturated rings. The van der Waals surface area contributed by atoms with Crippen LogP contribution in [-0.4, -0.2) is 50.5 Å². The van der Waals surface area contributed by atoms with Crippen LogP contribution in [0.3, 0.4) is 0 Å². The molecule has 0 saturated heterocycles. The Morgan fingerprint density at radius 3 is 2.14 bits per heavy atom. The number of sulfonamides is 1. The van der Waals surface area contributed by atoms with Gasteiger partial charge in [-0.25, -0.2) is 8.42 Å². The van der Waals surface area contributed by atoms with Gasteiger partial charge in [0.2, 0.25) is 21.8 Å². The number of carbonyl (C=O) groups excluding carboxylic acids is 2. The average Bonchev–Trinajstić information content (AvgIpc) is 2.81. The van der Waals surface area contributed by atoms with Gasteiger partial charge in [-0.3, -0.25) is 13.9 Å². The number of hydrogen-bond donors (Lipinski definition) is 1. The highest BCUT2D eigenvalue weighted by atomic mass is 32.2. The lowest BCUT2D eigenvalue weighted by atomic mass is 10.1. The van der Waals surface area contributed by atoms with Crippen molar-refractivity contribution in [1.29, 1.82) is 0 Å². The van der Waals surface area contributed by atoms with Crippen molar-refractivity contribution in [1.82, 2.24) is 10.2 Å². The predicted molar refractivity (Wildman–Crippen MR) is 142 cm³/mol. The summed E-state index contributed by atoms with van der Waals surface area (Å²) in [5, 5.41) is 2.93. The monoisotopic (exact) mass is 501 g/mol. The van der Waals surface area contributed by atoms with E-state index in [4.69, 9.17) is 0 Å². The summed E-state index contributed by atoms with van der Waals surface area (Å²) in [4.78, 5) is 28.3. The standard InChI is InChI=1S/C27H39N3O4S/c1-7-22-13-15-24(16-14-22)30(35(6,33)34)19-26(31)29(18-23-12-10-9-11-21(23)5)25(8-2)27(32)28-17-20(3)4/h9-16,20,25H,7-8,17-19H2,1-6H3,(H,28,32). The third-order valence-corrected chi connectivity index (χ3v) is 7.12. The van der Waals surface area contributed by atoms with Crippen molar-refractivity contribution in [2.24, 2.45) is 5.92 Å². The van der Waals surface area contributed by atoms with Crippen molar-refractivity contribution in [2.75, 3.05) is 23.7 Å². The molecule has 0 aliphatic heterocycles. The molecule has 2 aromatic rings. The van der Waals surface area contributed by atoms with Gasteiger partial charge in [-0.1, -0.05) is 64.1 Å². The maximum atomic E-state index is 13.7. The minimum Gasteiger partial charge on any atom is -0.354 e. The molecule has 2 aromatic carbocycles. The molecule has 35 heavy (non-hydrogen) atoms. The Bertz CT molecular complexity index is 1100. The molecule has 0 heterocycles. The molecule has 0 radical (unpaired) electrons. The SMILES string of the molecule is CCc1ccc(N(CC(=O)N(Cc2ccccc2C)C(CC)C(=O)NCC(C)C)S(C)(=O)=O)cc1. The number of carbonyl (C=O) groups is 2. The smallest absolute Gasteiger partial charge is 0.244 e. The van der Waals surface area contributed by atoms with E-state index in [2.05, 4.69) is 5.32 Å². The number of nitrogens with zero attached hydrogens (tertiary/aromatic N) is 2. The quantitative estimate of drug-likeness (QED) is 0.478. The Labute approximate surface area is 210 Å². The molecule has 2 rings (SSSR count). The van der Waals surface area contributed by atoms with E-state index < -0.39 is 22.0 Å². The highest BCUT2D eigenvalue weighted by molar-refractivity contribution is 7.92. The van der Waals surface area contributed by atoms with Gasteiger partial charge in [0.25, 0.3) is 0 Å². The number of nitrogens with one attached hydrogen (secondary N) is 1. The van der Waals surface area contributed by atoms with Crippen LogP contribution >= 0.6 is 0 Å². The van der Waals surface area contributed by atoms with Crippen molar-refractivity contribution in [2.45, 2.75) is 60.0 Å². The highest BCUT2D eigenvalue weighted by Crippen LogP contribution is 2.21. The first-order chi connectivity index (χ1) is 16.5. The molecule has 192 valence electrons. The Hall–Kier alpha value is -2.87. The molecule has 0 aliphatic carbocycles. The maximum absolute atomic E-state index is 13.7. The minimum absolute atomic E-state index is 0.214. The van der Waals surface area contributed by atoms with Crippen LogP contribution in [0.2, 0.25) is 0 Å². The van der Waals surface area contributed by atoms with Crippen LogP contribution in [0.5, 0.6) is 0 Å². The summed E-state index contributed by atoms with van der Waals surface area (Å²) in [6, 6.07) is 14.1. The lowest BCUT2D eigenvalue weighted by Crippen LogP contribution is -2.52. The summed E-state index contributed by atoms with van der Waals surface area (Å²) in [5.41, 5.74) is 3.40. The summed E-state index contributed by atoms with van der Waals surface area (Å²) in [5.74, 6) is -0.394. The van der Waals surface area contributed by atoms with E-state index in [9.17, 15) is 18.0 Å². The minimum atomic E-state index is -3.74. The predicted octanol–water partition coefficient (Wildman–Crippen LogP) is 3.90. The van der Waals surface area contributed by atoms with E-state index in [1.165, 1.54) is 4.90 Å². The second-order valence-corrected chi connectivity index (χ2v) is 11.2. The molecule has 0 spiro atoms. The Morgan fingerprint density at radius 2 is 1.63 bits per heavy atom. The van der Waals surface area contributed by atoms with E-state index in [1.807, 2.05) is 71.0 Å². The molecule has 8 heteroatoms. The Morgan fingerprint density at radius 1 is 1.00 bits per heavy atom. The number of rotatable bonds is 12. The van der Waals surface area contributed by atoms with Gasteiger partial charge in [0.05, 0.1) is 11.9 Å². The van der Waals surface area contributed by atoms with E-state index in [0.717, 1.165) is 33.7 Å². The van der Waals surface area contributed by atoms with Crippen LogP contribution in [0.1, 0.15) is 50.8 Å². The topological polar surface area (TPSA) is 86.8 Å². The first-order valence-electron chi connectivity index (χ1n) is 12.2. The fourth-order valence-corrected chi connectivity index (χ4v) is 4.67. The second kappa shape index (κ2) is 12.7. The van der Waals surface area contributed by atoms with Crippen LogP contribution in [0, 0.1) is 12.8 Å². The summed E-state index contributed by atoms with van der Waals surface area (Å²) in [7, 11) is -3.74. The molecule has 2 amide bonds. The van der Waals surface area contributed by atoms with Crippen molar-refractivity contribution in [3.8, 4) is 0 Å². The van der Waals surface area contributed by atoms with Crippen molar-refractivity contribution in [3.05, 3.63) is 65.2 Å². The number of anilines is 1. The zero-order valence-electron chi connectivity index (χ0n) is 21.7. The molecule has 0 aliphatic rings. The van der Waals surface area contributed by atoms with E-state index in [0.29, 0.717) is 18.7 Å².